The molecule has 2 aliphatic carbocycles. The molecule has 17 heavy (non-hydrogen) atoms. The van der Waals surface area contributed by atoms with E-state index >= 15 is 0 Å². The van der Waals surface area contributed by atoms with Gasteiger partial charge in [0.05, 0.1) is 17.6 Å². The fourth-order valence-electron chi connectivity index (χ4n) is 3.69. The van der Waals surface area contributed by atoms with Crippen LogP contribution in [0.15, 0.2) is 0 Å². The maximum absolute atomic E-state index is 11.7. The lowest BCUT2D eigenvalue weighted by atomic mass is 9.81. The molecule has 3 rings (SSSR count). The number of nitrogens with one attached hydrogen (secondary N) is 1. The quantitative estimate of drug-likeness (QED) is 0.699. The number of thioether (sulfide) groups is 1. The van der Waals surface area contributed by atoms with E-state index in [0.717, 1.165) is 12.8 Å². The molecule has 6 heteroatoms. The van der Waals surface area contributed by atoms with Crippen LogP contribution in [0.3, 0.4) is 0 Å². The van der Waals surface area contributed by atoms with Crippen LogP contribution in [0.2, 0.25) is 0 Å². The summed E-state index contributed by atoms with van der Waals surface area (Å²) in [5.74, 6) is -0.838. The largest absolute Gasteiger partial charge is 0.481 e. The van der Waals surface area contributed by atoms with Gasteiger partial charge in [-0.05, 0) is 24.7 Å². The fourth-order valence-corrected chi connectivity index (χ4v) is 4.96. The van der Waals surface area contributed by atoms with Gasteiger partial charge in [-0.2, -0.15) is 0 Å². The molecule has 0 spiro atoms. The van der Waals surface area contributed by atoms with Gasteiger partial charge in [0.25, 0.3) is 0 Å². The van der Waals surface area contributed by atoms with Crippen molar-refractivity contribution in [2.24, 2.45) is 23.7 Å². The fraction of sp³-hybridized carbons (Fsp3) is 0.727. The van der Waals surface area contributed by atoms with E-state index in [4.69, 9.17) is 5.11 Å². The Kier molecular flexibility index (Phi) is 2.43. The van der Waals surface area contributed by atoms with Crippen LogP contribution in [-0.2, 0) is 14.4 Å². The number of imide groups is 1. The van der Waals surface area contributed by atoms with Crippen LogP contribution in [0, 0.1) is 23.7 Å². The van der Waals surface area contributed by atoms with E-state index < -0.39 is 5.97 Å². The molecule has 0 aromatic rings. The van der Waals surface area contributed by atoms with Gasteiger partial charge in [0.15, 0.2) is 0 Å². The molecule has 92 valence electrons. The number of carboxylic acids is 1. The minimum Gasteiger partial charge on any atom is -0.481 e. The molecule has 0 aromatic carbocycles. The number of carbonyl (C=O) groups excluding carboxylic acids is 2. The molecule has 1 aliphatic heterocycles. The van der Waals surface area contributed by atoms with Crippen molar-refractivity contribution in [2.75, 3.05) is 5.75 Å². The molecule has 2 amide bonds. The van der Waals surface area contributed by atoms with Crippen LogP contribution in [0.4, 0.5) is 0 Å². The molecule has 0 radical (unpaired) electrons. The lowest BCUT2D eigenvalue weighted by Crippen LogP contribution is -2.32. The van der Waals surface area contributed by atoms with E-state index in [9.17, 15) is 14.4 Å². The first-order valence-corrected chi connectivity index (χ1v) is 6.81. The topological polar surface area (TPSA) is 83.5 Å². The van der Waals surface area contributed by atoms with Gasteiger partial charge in [-0.25, -0.2) is 0 Å². The monoisotopic (exact) mass is 255 g/mol. The summed E-state index contributed by atoms with van der Waals surface area (Å²) >= 11 is 1.42. The summed E-state index contributed by atoms with van der Waals surface area (Å²) < 4.78 is 0. The van der Waals surface area contributed by atoms with Gasteiger partial charge in [-0.1, -0.05) is 0 Å². The highest BCUT2D eigenvalue weighted by molar-refractivity contribution is 8.00. The summed E-state index contributed by atoms with van der Waals surface area (Å²) in [6, 6.07) is 0. The predicted octanol–water partition coefficient (Wildman–Crippen LogP) is 0.101. The average molecular weight is 255 g/mol. The Balaban J connectivity index is 1.74. The molecule has 1 saturated heterocycles. The molecule has 1 heterocycles. The highest BCUT2D eigenvalue weighted by Gasteiger charge is 2.61. The second kappa shape index (κ2) is 3.73. The minimum absolute atomic E-state index is 0.0842. The first kappa shape index (κ1) is 11.1. The molecule has 2 N–H and O–H groups in total. The molecule has 2 bridgehead atoms. The third-order valence-electron chi connectivity index (χ3n) is 4.22. The maximum Gasteiger partial charge on any atom is 0.313 e. The molecule has 0 aromatic heterocycles. The lowest BCUT2D eigenvalue weighted by molar-refractivity contribution is -0.134. The van der Waals surface area contributed by atoms with Crippen molar-refractivity contribution in [3.05, 3.63) is 0 Å². The number of rotatable bonds is 3. The highest BCUT2D eigenvalue weighted by Crippen LogP contribution is 2.57. The van der Waals surface area contributed by atoms with Crippen molar-refractivity contribution < 1.29 is 19.5 Å². The van der Waals surface area contributed by atoms with E-state index in [2.05, 4.69) is 5.32 Å². The molecule has 2 saturated carbocycles. The Hall–Kier alpha value is -1.04. The number of fused-ring (bicyclic) bond motifs is 5. The Bertz CT molecular complexity index is 410. The SMILES string of the molecule is O=C(O)CSC1CC2CC1C1C(=O)NC(=O)C21. The van der Waals surface area contributed by atoms with Crippen molar-refractivity contribution >= 4 is 29.5 Å². The van der Waals surface area contributed by atoms with Gasteiger partial charge in [0.1, 0.15) is 0 Å². The first-order valence-electron chi connectivity index (χ1n) is 5.76. The van der Waals surface area contributed by atoms with Gasteiger partial charge < -0.3 is 5.11 Å². The van der Waals surface area contributed by atoms with Crippen LogP contribution in [0.25, 0.3) is 0 Å². The van der Waals surface area contributed by atoms with E-state index in [1.54, 1.807) is 0 Å². The van der Waals surface area contributed by atoms with E-state index in [-0.39, 0.29) is 46.5 Å². The van der Waals surface area contributed by atoms with Gasteiger partial charge in [-0.3, -0.25) is 19.7 Å². The standard InChI is InChI=1S/C11H13NO4S/c13-7(14)3-17-6-2-4-1-5(6)9-8(4)10(15)12-11(9)16/h4-6,8-9H,1-3H2,(H,13,14)(H,12,15,16). The molecule has 5 unspecified atom stereocenters. The van der Waals surface area contributed by atoms with Crippen molar-refractivity contribution in [2.45, 2.75) is 18.1 Å². The van der Waals surface area contributed by atoms with Gasteiger partial charge >= 0.3 is 5.97 Å². The third kappa shape index (κ3) is 1.57. The third-order valence-corrected chi connectivity index (χ3v) is 5.60. The summed E-state index contributed by atoms with van der Waals surface area (Å²) in [7, 11) is 0. The lowest BCUT2D eigenvalue weighted by Gasteiger charge is -2.27. The van der Waals surface area contributed by atoms with Crippen molar-refractivity contribution in [1.29, 1.82) is 0 Å². The van der Waals surface area contributed by atoms with Crippen molar-refractivity contribution in [3.63, 3.8) is 0 Å². The summed E-state index contributed by atoms with van der Waals surface area (Å²) in [6.07, 6.45) is 1.79. The van der Waals surface area contributed by atoms with Crippen LogP contribution in [-0.4, -0.2) is 33.9 Å². The Morgan fingerprint density at radius 2 is 2.00 bits per heavy atom. The molecular weight excluding hydrogens is 242 g/mol. The summed E-state index contributed by atoms with van der Waals surface area (Å²) in [4.78, 5) is 33.8. The second-order valence-electron chi connectivity index (χ2n) is 5.04. The normalized spacial score (nSPS) is 42.7. The second-order valence-corrected chi connectivity index (χ2v) is 6.27. The number of carbonyl (C=O) groups is 3. The zero-order chi connectivity index (χ0) is 12.2. The number of amides is 2. The van der Waals surface area contributed by atoms with Crippen LogP contribution in [0.1, 0.15) is 12.8 Å². The van der Waals surface area contributed by atoms with Crippen LogP contribution >= 0.6 is 11.8 Å². The Labute approximate surface area is 102 Å². The van der Waals surface area contributed by atoms with E-state index in [1.165, 1.54) is 11.8 Å². The van der Waals surface area contributed by atoms with Crippen LogP contribution in [0.5, 0.6) is 0 Å². The molecule has 5 nitrogen and oxygen atoms in total. The molecule has 3 fully saturated rings. The number of hydrogen-bond acceptors (Lipinski definition) is 4. The summed E-state index contributed by atoms with van der Waals surface area (Å²) in [5.41, 5.74) is 0. The van der Waals surface area contributed by atoms with E-state index in [1.807, 2.05) is 0 Å². The van der Waals surface area contributed by atoms with Crippen molar-refractivity contribution in [3.8, 4) is 0 Å². The van der Waals surface area contributed by atoms with Gasteiger partial charge in [0.2, 0.25) is 11.8 Å². The predicted molar refractivity (Wildman–Crippen MR) is 60.2 cm³/mol. The zero-order valence-corrected chi connectivity index (χ0v) is 9.90. The summed E-state index contributed by atoms with van der Waals surface area (Å²) in [5, 5.41) is 11.3. The number of aliphatic carboxylic acids is 1. The molecular formula is C11H13NO4S. The molecule has 5 atom stereocenters. The summed E-state index contributed by atoms with van der Waals surface area (Å²) in [6.45, 7) is 0. The molecule has 3 aliphatic rings. The van der Waals surface area contributed by atoms with Gasteiger partial charge in [-0.15, -0.1) is 11.8 Å². The minimum atomic E-state index is -0.818. The smallest absolute Gasteiger partial charge is 0.313 e. The highest BCUT2D eigenvalue weighted by atomic mass is 32.2. The zero-order valence-electron chi connectivity index (χ0n) is 9.09. The number of hydrogen-bond donors (Lipinski definition) is 2. The first-order chi connectivity index (χ1) is 8.08. The van der Waals surface area contributed by atoms with E-state index in [0.29, 0.717) is 0 Å². The van der Waals surface area contributed by atoms with Gasteiger partial charge in [0, 0.05) is 5.25 Å². The number of carboxylic acid groups (broad SMARTS) is 1. The van der Waals surface area contributed by atoms with Crippen molar-refractivity contribution in [1.82, 2.24) is 5.32 Å². The Morgan fingerprint density at radius 1 is 1.29 bits per heavy atom. The maximum atomic E-state index is 11.7. The van der Waals surface area contributed by atoms with Crippen LogP contribution < -0.4 is 5.32 Å². The average Bonchev–Trinajstić information content (AvgIpc) is 2.88. The Morgan fingerprint density at radius 3 is 2.71 bits per heavy atom.